The molecule has 0 radical (unpaired) electrons. The maximum Gasteiger partial charge on any atom is 0.160 e. The Morgan fingerprint density at radius 3 is 1.76 bits per heavy atom. The topological polar surface area (TPSA) is 51.8 Å². The van der Waals surface area contributed by atoms with Crippen molar-refractivity contribution in [2.75, 3.05) is 0 Å². The molecule has 0 aliphatic rings. The predicted octanol–water partition coefficient (Wildman–Crippen LogP) is 12.4. The molecular weight excluding hydrogens is 623 g/mol. The zero-order chi connectivity index (χ0) is 33.7. The lowest BCUT2D eigenvalue weighted by Gasteiger charge is -2.12. The second kappa shape index (κ2) is 11.9. The first kappa shape index (κ1) is 29.0. The first-order valence-corrected chi connectivity index (χ1v) is 17.1. The van der Waals surface area contributed by atoms with Gasteiger partial charge in [0.2, 0.25) is 0 Å². The third-order valence-electron chi connectivity index (χ3n) is 9.69. The Morgan fingerprint density at radius 1 is 0.353 bits per heavy atom. The fourth-order valence-electron chi connectivity index (χ4n) is 7.18. The van der Waals surface area contributed by atoms with E-state index in [4.69, 9.17) is 19.4 Å². The highest BCUT2D eigenvalue weighted by Gasteiger charge is 2.18. The SMILES string of the molecule is c1ccc(-c2cccc(-c3cc(-c4ccc(-c5nc6ccccc6c6c5ccc5c7ccccc7oc56)cc4)nc(-c4ccccc4)n3)c2)cc1. The Balaban J connectivity index is 1.11. The van der Waals surface area contributed by atoms with E-state index in [0.29, 0.717) is 5.82 Å². The molecule has 4 nitrogen and oxygen atoms in total. The number of aromatic nitrogens is 3. The van der Waals surface area contributed by atoms with Crippen LogP contribution < -0.4 is 0 Å². The molecule has 0 atom stereocenters. The molecule has 0 spiro atoms. The van der Waals surface area contributed by atoms with Crippen LogP contribution in [0.3, 0.4) is 0 Å². The van der Waals surface area contributed by atoms with Crippen LogP contribution in [-0.4, -0.2) is 15.0 Å². The highest BCUT2D eigenvalue weighted by molar-refractivity contribution is 6.24. The van der Waals surface area contributed by atoms with Crippen LogP contribution in [0.15, 0.2) is 180 Å². The van der Waals surface area contributed by atoms with Gasteiger partial charge in [-0.15, -0.1) is 0 Å². The molecule has 0 bridgehead atoms. The summed E-state index contributed by atoms with van der Waals surface area (Å²) in [5, 5.41) is 5.45. The van der Waals surface area contributed by atoms with E-state index >= 15 is 0 Å². The molecule has 0 aliphatic heterocycles. The summed E-state index contributed by atoms with van der Waals surface area (Å²) in [7, 11) is 0. The fraction of sp³-hybridized carbons (Fsp3) is 0. The monoisotopic (exact) mass is 651 g/mol. The fourth-order valence-corrected chi connectivity index (χ4v) is 7.18. The van der Waals surface area contributed by atoms with E-state index < -0.39 is 0 Å². The van der Waals surface area contributed by atoms with E-state index in [1.165, 1.54) is 5.56 Å². The molecule has 0 N–H and O–H groups in total. The van der Waals surface area contributed by atoms with Gasteiger partial charge in [0, 0.05) is 49.2 Å². The summed E-state index contributed by atoms with van der Waals surface area (Å²) in [4.78, 5) is 15.4. The lowest BCUT2D eigenvalue weighted by Crippen LogP contribution is -1.96. The molecule has 0 aliphatic carbocycles. The van der Waals surface area contributed by atoms with E-state index in [0.717, 1.165) is 88.5 Å². The highest BCUT2D eigenvalue weighted by atomic mass is 16.3. The molecule has 51 heavy (non-hydrogen) atoms. The number of rotatable bonds is 5. The summed E-state index contributed by atoms with van der Waals surface area (Å²) in [6, 6.07) is 60.7. The molecule has 238 valence electrons. The molecule has 10 aromatic rings. The van der Waals surface area contributed by atoms with Gasteiger partial charge in [0.25, 0.3) is 0 Å². The number of para-hydroxylation sites is 2. The summed E-state index contributed by atoms with van der Waals surface area (Å²) in [5.41, 5.74) is 11.7. The summed E-state index contributed by atoms with van der Waals surface area (Å²) in [5.74, 6) is 0.689. The Morgan fingerprint density at radius 2 is 0.961 bits per heavy atom. The van der Waals surface area contributed by atoms with Gasteiger partial charge in [-0.05, 0) is 41.5 Å². The molecule has 3 heterocycles. The van der Waals surface area contributed by atoms with Gasteiger partial charge < -0.3 is 4.42 Å². The van der Waals surface area contributed by atoms with E-state index in [1.54, 1.807) is 0 Å². The number of fused-ring (bicyclic) bond motifs is 7. The summed E-state index contributed by atoms with van der Waals surface area (Å²) >= 11 is 0. The molecule has 4 heteroatoms. The van der Waals surface area contributed by atoms with Crippen LogP contribution in [0.1, 0.15) is 0 Å². The van der Waals surface area contributed by atoms with Crippen molar-refractivity contribution in [2.45, 2.75) is 0 Å². The molecule has 0 saturated carbocycles. The van der Waals surface area contributed by atoms with E-state index in [-0.39, 0.29) is 0 Å². The van der Waals surface area contributed by atoms with Gasteiger partial charge in [0.15, 0.2) is 5.82 Å². The second-order valence-electron chi connectivity index (χ2n) is 12.8. The molecule has 7 aromatic carbocycles. The molecule has 0 saturated heterocycles. The van der Waals surface area contributed by atoms with Crippen LogP contribution in [0, 0.1) is 0 Å². The summed E-state index contributed by atoms with van der Waals surface area (Å²) in [6.45, 7) is 0. The minimum absolute atomic E-state index is 0.689. The lowest BCUT2D eigenvalue weighted by atomic mass is 9.97. The number of furan rings is 1. The molecule has 3 aromatic heterocycles. The smallest absolute Gasteiger partial charge is 0.160 e. The van der Waals surface area contributed by atoms with Gasteiger partial charge in [-0.1, -0.05) is 146 Å². The summed E-state index contributed by atoms with van der Waals surface area (Å²) < 4.78 is 6.53. The Kier molecular flexibility index (Phi) is 6.78. The number of pyridine rings is 1. The van der Waals surface area contributed by atoms with E-state index in [9.17, 15) is 0 Å². The van der Waals surface area contributed by atoms with Crippen LogP contribution in [0.5, 0.6) is 0 Å². The van der Waals surface area contributed by atoms with Crippen molar-refractivity contribution in [3.63, 3.8) is 0 Å². The molecular formula is C47H29N3O. The van der Waals surface area contributed by atoms with Crippen LogP contribution in [-0.2, 0) is 0 Å². The quantitative estimate of drug-likeness (QED) is 0.174. The molecule has 0 fully saturated rings. The third-order valence-corrected chi connectivity index (χ3v) is 9.69. The Hall–Kier alpha value is -6.91. The van der Waals surface area contributed by atoms with Gasteiger partial charge in [0.05, 0.1) is 22.6 Å². The van der Waals surface area contributed by atoms with E-state index in [1.807, 2.05) is 42.5 Å². The normalized spacial score (nSPS) is 11.5. The van der Waals surface area contributed by atoms with Crippen molar-refractivity contribution < 1.29 is 4.42 Å². The van der Waals surface area contributed by atoms with E-state index in [2.05, 4.69) is 133 Å². The highest BCUT2D eigenvalue weighted by Crippen LogP contribution is 2.41. The van der Waals surface area contributed by atoms with Gasteiger partial charge in [0.1, 0.15) is 11.2 Å². The van der Waals surface area contributed by atoms with Crippen molar-refractivity contribution in [1.82, 2.24) is 15.0 Å². The van der Waals surface area contributed by atoms with Crippen molar-refractivity contribution in [3.8, 4) is 56.3 Å². The Bertz CT molecular complexity index is 2900. The second-order valence-corrected chi connectivity index (χ2v) is 12.8. The zero-order valence-corrected chi connectivity index (χ0v) is 27.5. The minimum Gasteiger partial charge on any atom is -0.455 e. The van der Waals surface area contributed by atoms with Crippen LogP contribution >= 0.6 is 0 Å². The molecule has 10 rings (SSSR count). The van der Waals surface area contributed by atoms with Gasteiger partial charge in [-0.25, -0.2) is 15.0 Å². The van der Waals surface area contributed by atoms with Crippen molar-refractivity contribution in [2.24, 2.45) is 0 Å². The predicted molar refractivity (Wildman–Crippen MR) is 209 cm³/mol. The molecule has 0 unspecified atom stereocenters. The molecule has 0 amide bonds. The maximum absolute atomic E-state index is 6.53. The minimum atomic E-state index is 0.689. The van der Waals surface area contributed by atoms with Gasteiger partial charge in [-0.3, -0.25) is 0 Å². The average molecular weight is 652 g/mol. The van der Waals surface area contributed by atoms with Crippen LogP contribution in [0.4, 0.5) is 0 Å². The van der Waals surface area contributed by atoms with Crippen LogP contribution in [0.2, 0.25) is 0 Å². The third kappa shape index (κ3) is 5.04. The number of hydrogen-bond donors (Lipinski definition) is 0. The maximum atomic E-state index is 6.53. The van der Waals surface area contributed by atoms with Gasteiger partial charge in [-0.2, -0.15) is 0 Å². The van der Waals surface area contributed by atoms with Gasteiger partial charge >= 0.3 is 0 Å². The standard InChI is InChI=1S/C47H29N3O/c1-3-12-30(13-4-1)34-16-11-17-35(28-34)42-29-41(49-47(50-42)33-14-5-2-6-15-33)31-22-24-32(25-23-31)45-39-27-26-37-36-18-8-10-21-43(36)51-46(37)44(39)38-19-7-9-20-40(38)48-45/h1-29H. The number of nitrogens with zero attached hydrogens (tertiary/aromatic N) is 3. The lowest BCUT2D eigenvalue weighted by molar-refractivity contribution is 0.673. The first-order chi connectivity index (χ1) is 25.3. The summed E-state index contributed by atoms with van der Waals surface area (Å²) in [6.07, 6.45) is 0. The average Bonchev–Trinajstić information content (AvgIpc) is 3.60. The van der Waals surface area contributed by atoms with Crippen LogP contribution in [0.25, 0.3) is 99.9 Å². The zero-order valence-electron chi connectivity index (χ0n) is 27.5. The Labute approximate surface area is 294 Å². The van der Waals surface area contributed by atoms with Crippen molar-refractivity contribution >= 4 is 43.6 Å². The van der Waals surface area contributed by atoms with Crippen molar-refractivity contribution in [3.05, 3.63) is 176 Å². The number of benzene rings is 7. The number of hydrogen-bond acceptors (Lipinski definition) is 4. The first-order valence-electron chi connectivity index (χ1n) is 17.1. The van der Waals surface area contributed by atoms with Crippen molar-refractivity contribution in [1.29, 1.82) is 0 Å². The largest absolute Gasteiger partial charge is 0.455 e.